The van der Waals surface area contributed by atoms with Crippen molar-refractivity contribution >= 4 is 22.3 Å². The lowest BCUT2D eigenvalue weighted by molar-refractivity contribution is -0.150. The minimum Gasteiger partial charge on any atom is -0.481 e. The zero-order valence-corrected chi connectivity index (χ0v) is 11.7. The summed E-state index contributed by atoms with van der Waals surface area (Å²) in [6.07, 6.45) is -1.16. The van der Waals surface area contributed by atoms with Crippen LogP contribution in [0.15, 0.2) is 0 Å². The van der Waals surface area contributed by atoms with E-state index in [0.717, 1.165) is 7.11 Å². The quantitative estimate of drug-likeness (QED) is 0.655. The second-order valence-corrected chi connectivity index (χ2v) is 6.17. The molecule has 0 saturated carbocycles. The summed E-state index contributed by atoms with van der Waals surface area (Å²) >= 11 is 0. The zero-order chi connectivity index (χ0) is 14.8. The second kappa shape index (κ2) is 5.11. The molecule has 106 valence electrons. The van der Waals surface area contributed by atoms with E-state index in [9.17, 15) is 18.0 Å². The fourth-order valence-corrected chi connectivity index (χ4v) is 2.19. The van der Waals surface area contributed by atoms with Gasteiger partial charge in [-0.25, -0.2) is 9.52 Å². The Morgan fingerprint density at radius 1 is 1.17 bits per heavy atom. The van der Waals surface area contributed by atoms with Crippen molar-refractivity contribution in [3.63, 3.8) is 0 Å². The van der Waals surface area contributed by atoms with Crippen molar-refractivity contribution in [1.29, 1.82) is 0 Å². The van der Waals surface area contributed by atoms with Crippen molar-refractivity contribution in [3.8, 4) is 0 Å². The minimum absolute atomic E-state index is 1.01. The SMILES string of the molecule is COC(=O)NS(=O)(=O)NC(C)(C)C(C)(C)C(=O)O. The molecule has 9 heteroatoms. The van der Waals surface area contributed by atoms with E-state index in [2.05, 4.69) is 9.46 Å². The predicted molar refractivity (Wildman–Crippen MR) is 63.1 cm³/mol. The van der Waals surface area contributed by atoms with Gasteiger partial charge in [0.25, 0.3) is 0 Å². The Kier molecular flexibility index (Phi) is 4.72. The number of carbonyl (C=O) groups excluding carboxylic acids is 1. The first kappa shape index (κ1) is 16.6. The van der Waals surface area contributed by atoms with E-state index < -0.39 is 33.2 Å². The predicted octanol–water partition coefficient (Wildman–Crippen LogP) is 0.0662. The molecule has 18 heavy (non-hydrogen) atoms. The highest BCUT2D eigenvalue weighted by molar-refractivity contribution is 7.88. The van der Waals surface area contributed by atoms with Crippen molar-refractivity contribution in [2.24, 2.45) is 5.41 Å². The number of rotatable bonds is 5. The monoisotopic (exact) mass is 282 g/mol. The first-order chi connectivity index (χ1) is 7.85. The van der Waals surface area contributed by atoms with Crippen LogP contribution in [0.3, 0.4) is 0 Å². The van der Waals surface area contributed by atoms with Crippen LogP contribution < -0.4 is 9.44 Å². The van der Waals surface area contributed by atoms with Gasteiger partial charge in [0.05, 0.1) is 12.5 Å². The number of hydrogen-bond donors (Lipinski definition) is 3. The molecule has 0 saturated heterocycles. The lowest BCUT2D eigenvalue weighted by Crippen LogP contribution is -2.59. The smallest absolute Gasteiger partial charge is 0.421 e. The van der Waals surface area contributed by atoms with Crippen molar-refractivity contribution in [2.75, 3.05) is 7.11 Å². The first-order valence-corrected chi connectivity index (χ1v) is 6.47. The van der Waals surface area contributed by atoms with Crippen LogP contribution in [-0.4, -0.2) is 38.2 Å². The molecule has 0 fully saturated rings. The average molecular weight is 282 g/mol. The summed E-state index contributed by atoms with van der Waals surface area (Å²) < 4.78 is 31.0. The second-order valence-electron chi connectivity index (χ2n) is 4.75. The third-order valence-electron chi connectivity index (χ3n) is 2.89. The van der Waals surface area contributed by atoms with E-state index >= 15 is 0 Å². The summed E-state index contributed by atoms with van der Waals surface area (Å²) in [6, 6.07) is 0. The van der Waals surface area contributed by atoms with Gasteiger partial charge in [-0.15, -0.1) is 0 Å². The van der Waals surface area contributed by atoms with Gasteiger partial charge in [0, 0.05) is 5.54 Å². The Morgan fingerprint density at radius 3 is 1.94 bits per heavy atom. The topological polar surface area (TPSA) is 122 Å². The average Bonchev–Trinajstić information content (AvgIpc) is 2.14. The van der Waals surface area contributed by atoms with Crippen LogP contribution >= 0.6 is 0 Å². The molecule has 0 unspecified atom stereocenters. The summed E-state index contributed by atoms with van der Waals surface area (Å²) in [4.78, 5) is 21.9. The number of carboxylic acids is 1. The maximum Gasteiger partial charge on any atom is 0.421 e. The first-order valence-electron chi connectivity index (χ1n) is 4.99. The standard InChI is InChI=1S/C9H18N2O6S/c1-8(2,6(12)13)9(3,4)11-18(15,16)10-7(14)17-5/h11H,1-5H3,(H,10,14)(H,12,13). The third-order valence-corrected chi connectivity index (χ3v) is 4.10. The summed E-state index contributed by atoms with van der Waals surface area (Å²) in [7, 11) is -3.19. The molecule has 0 aromatic rings. The lowest BCUT2D eigenvalue weighted by atomic mass is 9.75. The molecule has 0 bridgehead atoms. The van der Waals surface area contributed by atoms with Gasteiger partial charge in [-0.1, -0.05) is 0 Å². The number of carbonyl (C=O) groups is 2. The molecule has 0 aliphatic heterocycles. The molecule has 0 radical (unpaired) electrons. The van der Waals surface area contributed by atoms with E-state index in [-0.39, 0.29) is 0 Å². The van der Waals surface area contributed by atoms with E-state index in [1.54, 1.807) is 4.72 Å². The van der Waals surface area contributed by atoms with E-state index in [1.165, 1.54) is 27.7 Å². The van der Waals surface area contributed by atoms with Crippen LogP contribution in [0.25, 0.3) is 0 Å². The fraction of sp³-hybridized carbons (Fsp3) is 0.778. The number of methoxy groups -OCH3 is 1. The Balaban J connectivity index is 5.10. The molecule has 0 spiro atoms. The van der Waals surface area contributed by atoms with Gasteiger partial charge in [-0.3, -0.25) is 4.79 Å². The molecule has 3 N–H and O–H groups in total. The summed E-state index contributed by atoms with van der Waals surface area (Å²) in [5.74, 6) is -1.17. The Morgan fingerprint density at radius 2 is 1.61 bits per heavy atom. The van der Waals surface area contributed by atoms with Gasteiger partial charge in [-0.2, -0.15) is 13.1 Å². The number of hydrogen-bond acceptors (Lipinski definition) is 5. The Bertz CT molecular complexity index is 440. The Hall–Kier alpha value is -1.35. The van der Waals surface area contributed by atoms with Crippen LogP contribution in [-0.2, 0) is 19.7 Å². The maximum atomic E-state index is 11.6. The number of ether oxygens (including phenoxy) is 1. The summed E-state index contributed by atoms with van der Waals surface area (Å²) in [6.45, 7) is 5.54. The molecule has 0 heterocycles. The number of carboxylic acid groups (broad SMARTS) is 1. The third kappa shape index (κ3) is 3.84. The van der Waals surface area contributed by atoms with Gasteiger partial charge in [0.1, 0.15) is 0 Å². The van der Waals surface area contributed by atoms with Gasteiger partial charge in [0.15, 0.2) is 0 Å². The van der Waals surface area contributed by atoms with Crippen LogP contribution in [0.2, 0.25) is 0 Å². The van der Waals surface area contributed by atoms with Crippen LogP contribution in [0, 0.1) is 5.41 Å². The van der Waals surface area contributed by atoms with Crippen molar-refractivity contribution in [2.45, 2.75) is 33.2 Å². The maximum absolute atomic E-state index is 11.6. The Labute approximate surface area is 106 Å². The van der Waals surface area contributed by atoms with E-state index in [1.807, 2.05) is 0 Å². The highest BCUT2D eigenvalue weighted by Gasteiger charge is 2.46. The molecule has 0 aromatic heterocycles. The molecule has 0 aromatic carbocycles. The van der Waals surface area contributed by atoms with Crippen molar-refractivity contribution < 1.29 is 27.9 Å². The summed E-state index contributed by atoms with van der Waals surface area (Å²) in [5, 5.41) is 9.05. The van der Waals surface area contributed by atoms with E-state index in [4.69, 9.17) is 5.11 Å². The van der Waals surface area contributed by atoms with Crippen LogP contribution in [0.4, 0.5) is 4.79 Å². The molecule has 0 aliphatic rings. The number of nitrogens with one attached hydrogen (secondary N) is 2. The van der Waals surface area contributed by atoms with Gasteiger partial charge in [0.2, 0.25) is 0 Å². The fourth-order valence-electron chi connectivity index (χ4n) is 0.908. The molecule has 0 aliphatic carbocycles. The molecular weight excluding hydrogens is 264 g/mol. The summed E-state index contributed by atoms with van der Waals surface area (Å²) in [5.41, 5.74) is -2.70. The minimum atomic E-state index is -4.21. The van der Waals surface area contributed by atoms with Crippen molar-refractivity contribution in [3.05, 3.63) is 0 Å². The number of amides is 1. The van der Waals surface area contributed by atoms with Gasteiger partial charge in [-0.05, 0) is 27.7 Å². The normalized spacial score (nSPS) is 12.9. The molecular formula is C9H18N2O6S. The largest absolute Gasteiger partial charge is 0.481 e. The van der Waals surface area contributed by atoms with E-state index in [0.29, 0.717) is 0 Å². The highest BCUT2D eigenvalue weighted by Crippen LogP contribution is 2.31. The van der Waals surface area contributed by atoms with Crippen LogP contribution in [0.5, 0.6) is 0 Å². The van der Waals surface area contributed by atoms with Gasteiger partial charge >= 0.3 is 22.3 Å². The molecule has 0 atom stereocenters. The van der Waals surface area contributed by atoms with Crippen LogP contribution in [0.1, 0.15) is 27.7 Å². The zero-order valence-electron chi connectivity index (χ0n) is 10.9. The molecule has 0 rings (SSSR count). The van der Waals surface area contributed by atoms with Gasteiger partial charge < -0.3 is 9.84 Å². The molecule has 1 amide bonds. The van der Waals surface area contributed by atoms with Crippen molar-refractivity contribution in [1.82, 2.24) is 9.44 Å². The molecule has 8 nitrogen and oxygen atoms in total. The lowest BCUT2D eigenvalue weighted by Gasteiger charge is -2.38. The highest BCUT2D eigenvalue weighted by atomic mass is 32.2. The number of aliphatic carboxylic acids is 1.